The summed E-state index contributed by atoms with van der Waals surface area (Å²) in [5.74, 6) is 0. The summed E-state index contributed by atoms with van der Waals surface area (Å²) in [6, 6.07) is 0. The molecule has 0 saturated carbocycles. The minimum atomic E-state index is 0.123. The first-order chi connectivity index (χ1) is 11.2. The Labute approximate surface area is 144 Å². The number of hydrogen-bond donors (Lipinski definition) is 3. The van der Waals surface area contributed by atoms with Crippen molar-refractivity contribution in [2.75, 3.05) is 46.0 Å². The fourth-order valence-electron chi connectivity index (χ4n) is 3.42. The van der Waals surface area contributed by atoms with E-state index in [0.29, 0.717) is 24.1 Å². The van der Waals surface area contributed by atoms with Crippen molar-refractivity contribution in [1.82, 2.24) is 0 Å². The molecule has 0 fully saturated rings. The summed E-state index contributed by atoms with van der Waals surface area (Å²) >= 11 is 0. The summed E-state index contributed by atoms with van der Waals surface area (Å²) in [7, 11) is 0. The lowest BCUT2D eigenvalue weighted by Gasteiger charge is -2.37. The number of aliphatic hydroxyl groups is 3. The first kappa shape index (κ1) is 22.8. The Bertz CT molecular complexity index is 220. The van der Waals surface area contributed by atoms with E-state index in [0.717, 1.165) is 13.0 Å². The topological polar surface area (TPSA) is 60.7 Å². The van der Waals surface area contributed by atoms with E-state index in [1.807, 2.05) is 0 Å². The average molecular weight is 333 g/mol. The number of aliphatic hydroxyl groups excluding tert-OH is 3. The van der Waals surface area contributed by atoms with Crippen LogP contribution >= 0.6 is 0 Å². The molecule has 0 aliphatic carbocycles. The van der Waals surface area contributed by atoms with E-state index in [2.05, 4.69) is 6.92 Å². The first-order valence-corrected chi connectivity index (χ1v) is 9.92. The summed E-state index contributed by atoms with van der Waals surface area (Å²) < 4.78 is 0.654. The molecule has 23 heavy (non-hydrogen) atoms. The maximum atomic E-state index is 9.25. The van der Waals surface area contributed by atoms with Crippen molar-refractivity contribution in [3.8, 4) is 0 Å². The van der Waals surface area contributed by atoms with E-state index >= 15 is 0 Å². The minimum Gasteiger partial charge on any atom is -0.391 e. The van der Waals surface area contributed by atoms with Crippen LogP contribution in [0.25, 0.3) is 0 Å². The highest BCUT2D eigenvalue weighted by Gasteiger charge is 2.25. The van der Waals surface area contributed by atoms with Gasteiger partial charge in [0.05, 0.1) is 26.4 Å². The van der Waals surface area contributed by atoms with Crippen LogP contribution in [0.5, 0.6) is 0 Å². The number of hydrogen-bond acceptors (Lipinski definition) is 3. The molecule has 0 radical (unpaired) electrons. The number of quaternary nitrogens is 1. The molecule has 0 aromatic heterocycles. The summed E-state index contributed by atoms with van der Waals surface area (Å²) in [4.78, 5) is 0. The average Bonchev–Trinajstić information content (AvgIpc) is 2.53. The third kappa shape index (κ3) is 12.9. The highest BCUT2D eigenvalue weighted by Crippen LogP contribution is 2.14. The van der Waals surface area contributed by atoms with Crippen LogP contribution in [0.4, 0.5) is 0 Å². The molecule has 0 aromatic rings. The quantitative estimate of drug-likeness (QED) is 0.267. The fourth-order valence-corrected chi connectivity index (χ4v) is 3.42. The predicted octanol–water partition coefficient (Wildman–Crippen LogP) is 3.09. The zero-order valence-corrected chi connectivity index (χ0v) is 15.5. The van der Waals surface area contributed by atoms with Gasteiger partial charge in [0.1, 0.15) is 19.6 Å². The summed E-state index contributed by atoms with van der Waals surface area (Å²) in [5.41, 5.74) is 0. The molecule has 0 unspecified atom stereocenters. The van der Waals surface area contributed by atoms with Gasteiger partial charge in [0.15, 0.2) is 0 Å². The van der Waals surface area contributed by atoms with Crippen molar-refractivity contribution in [2.24, 2.45) is 0 Å². The van der Waals surface area contributed by atoms with E-state index in [1.165, 1.54) is 64.2 Å². The lowest BCUT2D eigenvalue weighted by Crippen LogP contribution is -2.53. The Morgan fingerprint density at radius 2 is 0.826 bits per heavy atom. The van der Waals surface area contributed by atoms with Gasteiger partial charge in [-0.25, -0.2) is 0 Å². The van der Waals surface area contributed by atoms with Crippen LogP contribution in [0.1, 0.15) is 77.6 Å². The number of rotatable bonds is 18. The van der Waals surface area contributed by atoms with E-state index in [4.69, 9.17) is 0 Å². The molecule has 4 nitrogen and oxygen atoms in total. The highest BCUT2D eigenvalue weighted by atomic mass is 16.3. The second-order valence-electron chi connectivity index (χ2n) is 6.94. The van der Waals surface area contributed by atoms with Gasteiger partial charge >= 0.3 is 0 Å². The highest BCUT2D eigenvalue weighted by molar-refractivity contribution is 4.50. The summed E-state index contributed by atoms with van der Waals surface area (Å²) in [5, 5.41) is 27.8. The van der Waals surface area contributed by atoms with Gasteiger partial charge in [-0.15, -0.1) is 0 Å². The second-order valence-corrected chi connectivity index (χ2v) is 6.94. The Balaban J connectivity index is 3.65. The van der Waals surface area contributed by atoms with E-state index < -0.39 is 0 Å². The Hall–Kier alpha value is -0.160. The molecule has 0 rings (SSSR count). The summed E-state index contributed by atoms with van der Waals surface area (Å²) in [6.07, 6.45) is 14.6. The van der Waals surface area contributed by atoms with Crippen LogP contribution in [0.3, 0.4) is 0 Å². The van der Waals surface area contributed by atoms with Crippen LogP contribution in [-0.2, 0) is 0 Å². The van der Waals surface area contributed by atoms with Crippen molar-refractivity contribution in [3.05, 3.63) is 0 Å². The number of unbranched alkanes of at least 4 members (excludes halogenated alkanes) is 10. The van der Waals surface area contributed by atoms with Gasteiger partial charge in [0.2, 0.25) is 0 Å². The molecular formula is C19H42NO3+. The molecule has 0 spiro atoms. The maximum Gasteiger partial charge on any atom is 0.102 e. The van der Waals surface area contributed by atoms with E-state index in [-0.39, 0.29) is 19.8 Å². The van der Waals surface area contributed by atoms with E-state index in [1.54, 1.807) is 0 Å². The van der Waals surface area contributed by atoms with Crippen molar-refractivity contribution in [1.29, 1.82) is 0 Å². The number of nitrogens with zero attached hydrogens (tertiary/aromatic N) is 1. The minimum absolute atomic E-state index is 0.123. The van der Waals surface area contributed by atoms with Gasteiger partial charge in [-0.1, -0.05) is 64.7 Å². The fraction of sp³-hybridized carbons (Fsp3) is 1.00. The summed E-state index contributed by atoms with van der Waals surface area (Å²) in [6.45, 7) is 5.50. The van der Waals surface area contributed by atoms with Crippen LogP contribution in [0, 0.1) is 0 Å². The molecule has 0 aromatic carbocycles. The Morgan fingerprint density at radius 3 is 1.17 bits per heavy atom. The molecule has 140 valence electrons. The molecule has 0 heterocycles. The zero-order chi connectivity index (χ0) is 17.2. The van der Waals surface area contributed by atoms with Crippen molar-refractivity contribution < 1.29 is 19.8 Å². The second kappa shape index (κ2) is 16.7. The van der Waals surface area contributed by atoms with Crippen LogP contribution < -0.4 is 0 Å². The van der Waals surface area contributed by atoms with Gasteiger partial charge in [-0.3, -0.25) is 0 Å². The molecule has 0 bridgehead atoms. The van der Waals surface area contributed by atoms with Crippen molar-refractivity contribution in [3.63, 3.8) is 0 Å². The third-order valence-electron chi connectivity index (χ3n) is 4.96. The molecule has 0 amide bonds. The van der Waals surface area contributed by atoms with Gasteiger partial charge in [-0.05, 0) is 12.8 Å². The van der Waals surface area contributed by atoms with Crippen LogP contribution in [0.2, 0.25) is 0 Å². The zero-order valence-electron chi connectivity index (χ0n) is 15.5. The molecular weight excluding hydrogens is 290 g/mol. The molecule has 4 heteroatoms. The molecule has 0 aliphatic heterocycles. The molecule has 0 aliphatic rings. The van der Waals surface area contributed by atoms with E-state index in [9.17, 15) is 15.3 Å². The van der Waals surface area contributed by atoms with Gasteiger partial charge < -0.3 is 19.8 Å². The van der Waals surface area contributed by atoms with Crippen LogP contribution in [0.15, 0.2) is 0 Å². The lowest BCUT2D eigenvalue weighted by atomic mass is 10.1. The van der Waals surface area contributed by atoms with Gasteiger partial charge in [0.25, 0.3) is 0 Å². The molecule has 3 N–H and O–H groups in total. The molecule has 0 atom stereocenters. The van der Waals surface area contributed by atoms with Gasteiger partial charge in [-0.2, -0.15) is 0 Å². The monoisotopic (exact) mass is 332 g/mol. The Kier molecular flexibility index (Phi) is 16.6. The first-order valence-electron chi connectivity index (χ1n) is 9.92. The largest absolute Gasteiger partial charge is 0.391 e. The predicted molar refractivity (Wildman–Crippen MR) is 97.4 cm³/mol. The normalized spacial score (nSPS) is 12.0. The van der Waals surface area contributed by atoms with Gasteiger partial charge in [0, 0.05) is 0 Å². The van der Waals surface area contributed by atoms with Crippen molar-refractivity contribution >= 4 is 0 Å². The Morgan fingerprint density at radius 1 is 0.478 bits per heavy atom. The third-order valence-corrected chi connectivity index (χ3v) is 4.96. The standard InChI is InChI=1S/C19H42NO3/c1-2-3-4-5-6-7-8-9-10-11-12-13-20(14-17-21,15-18-22)16-19-23/h21-23H,2-19H2,1H3/q+1. The lowest BCUT2D eigenvalue weighted by molar-refractivity contribution is -0.929. The maximum absolute atomic E-state index is 9.25. The smallest absolute Gasteiger partial charge is 0.102 e. The SMILES string of the molecule is CCCCCCCCCCCCC[N+](CCO)(CCO)CCO. The molecule has 0 saturated heterocycles. The van der Waals surface area contributed by atoms with Crippen molar-refractivity contribution in [2.45, 2.75) is 77.6 Å². The van der Waals surface area contributed by atoms with Crippen LogP contribution in [-0.4, -0.2) is 65.8 Å².